The van der Waals surface area contributed by atoms with Crippen LogP contribution in [-0.4, -0.2) is 5.91 Å². The zero-order chi connectivity index (χ0) is 23.9. The van der Waals surface area contributed by atoms with E-state index in [0.717, 1.165) is 29.7 Å². The first-order valence-electron chi connectivity index (χ1n) is 10.8. The van der Waals surface area contributed by atoms with E-state index < -0.39 is 17.6 Å². The smallest absolute Gasteiger partial charge is 0.323 e. The molecule has 0 aliphatic heterocycles. The molecule has 1 aromatic carbocycles. The van der Waals surface area contributed by atoms with Crippen LogP contribution in [0.5, 0.6) is 0 Å². The highest BCUT2D eigenvalue weighted by molar-refractivity contribution is 5.99. The molecule has 0 atom stereocenters. The Hall–Kier alpha value is -2.82. The normalized spacial score (nSPS) is 18.0. The quantitative estimate of drug-likeness (QED) is 0.349. The monoisotopic (exact) mass is 443 g/mol. The minimum absolute atomic E-state index is 0.203. The van der Waals surface area contributed by atoms with Crippen molar-refractivity contribution in [2.75, 3.05) is 5.32 Å². The van der Waals surface area contributed by atoms with Gasteiger partial charge in [0.15, 0.2) is 0 Å². The molecule has 2 nitrogen and oxygen atoms in total. The summed E-state index contributed by atoms with van der Waals surface area (Å²) in [7, 11) is 0. The Morgan fingerprint density at radius 3 is 2.31 bits per heavy atom. The molecule has 1 amide bonds. The predicted octanol–water partition coefficient (Wildman–Crippen LogP) is 8.18. The van der Waals surface area contributed by atoms with E-state index >= 15 is 0 Å². The number of anilines is 1. The average molecular weight is 444 g/mol. The summed E-state index contributed by atoms with van der Waals surface area (Å²) < 4.78 is 37.8. The third-order valence-electron chi connectivity index (χ3n) is 5.61. The minimum atomic E-state index is -4.40. The fourth-order valence-corrected chi connectivity index (χ4v) is 3.81. The first-order valence-corrected chi connectivity index (χ1v) is 10.8. The molecule has 1 aliphatic rings. The zero-order valence-corrected chi connectivity index (χ0v) is 19.4. The third-order valence-corrected chi connectivity index (χ3v) is 5.61. The largest absolute Gasteiger partial charge is 0.416 e. The van der Waals surface area contributed by atoms with Crippen LogP contribution in [-0.2, 0) is 11.0 Å². The first kappa shape index (κ1) is 25.4. The van der Waals surface area contributed by atoms with Crippen molar-refractivity contribution in [1.29, 1.82) is 0 Å². The van der Waals surface area contributed by atoms with Crippen LogP contribution in [0.2, 0.25) is 0 Å². The van der Waals surface area contributed by atoms with Crippen LogP contribution in [0.25, 0.3) is 0 Å². The molecular formula is C27H32F3NO. The lowest BCUT2D eigenvalue weighted by Crippen LogP contribution is -2.19. The topological polar surface area (TPSA) is 29.1 Å². The molecule has 172 valence electrons. The number of rotatable bonds is 6. The van der Waals surface area contributed by atoms with Gasteiger partial charge in [-0.25, -0.2) is 0 Å². The van der Waals surface area contributed by atoms with E-state index in [1.807, 2.05) is 25.2 Å². The van der Waals surface area contributed by atoms with Crippen molar-refractivity contribution < 1.29 is 18.0 Å². The van der Waals surface area contributed by atoms with E-state index in [0.29, 0.717) is 5.69 Å². The van der Waals surface area contributed by atoms with Crippen molar-refractivity contribution >= 4 is 11.6 Å². The molecule has 0 aromatic heterocycles. The molecule has 1 aliphatic carbocycles. The molecule has 0 unspecified atom stereocenters. The second-order valence-electron chi connectivity index (χ2n) is 8.99. The number of alkyl halides is 3. The summed E-state index contributed by atoms with van der Waals surface area (Å²) >= 11 is 0. The van der Waals surface area contributed by atoms with Gasteiger partial charge < -0.3 is 5.32 Å². The van der Waals surface area contributed by atoms with Gasteiger partial charge >= 0.3 is 6.18 Å². The summed E-state index contributed by atoms with van der Waals surface area (Å²) in [6.07, 6.45) is 10.6. The fourth-order valence-electron chi connectivity index (χ4n) is 3.81. The number of nitrogens with one attached hydrogen (secondary N) is 1. The maximum Gasteiger partial charge on any atom is 0.416 e. The standard InChI is InChI=1S/C27H32F3NO/c1-19(11-16-24-21(3)10-7-17-26(24,4)5)8-6-9-20(2)18-25(32)31-23-14-12-22(13-15-23)27(28,29)30/h6,8-9,11-16,18H,7,10,17H2,1-5H3,(H,31,32). The van der Waals surface area contributed by atoms with E-state index in [9.17, 15) is 18.0 Å². The lowest BCUT2D eigenvalue weighted by atomic mass is 9.72. The Labute approximate surface area is 189 Å². The number of allylic oxidation sites excluding steroid dienone is 9. The van der Waals surface area contributed by atoms with Crippen LogP contribution in [0, 0.1) is 5.41 Å². The maximum atomic E-state index is 12.6. The first-order chi connectivity index (χ1) is 14.9. The Kier molecular flexibility index (Phi) is 8.48. The molecule has 32 heavy (non-hydrogen) atoms. The van der Waals surface area contributed by atoms with E-state index in [2.05, 4.69) is 38.2 Å². The van der Waals surface area contributed by atoms with Gasteiger partial charge in [0.1, 0.15) is 0 Å². The number of hydrogen-bond acceptors (Lipinski definition) is 1. The molecule has 0 heterocycles. The summed E-state index contributed by atoms with van der Waals surface area (Å²) in [4.78, 5) is 12.1. The van der Waals surface area contributed by atoms with Gasteiger partial charge in [0.25, 0.3) is 0 Å². The lowest BCUT2D eigenvalue weighted by Gasteiger charge is -2.32. The van der Waals surface area contributed by atoms with Gasteiger partial charge in [-0.3, -0.25) is 4.79 Å². The third kappa shape index (κ3) is 7.70. The average Bonchev–Trinajstić information content (AvgIpc) is 2.66. The summed E-state index contributed by atoms with van der Waals surface area (Å²) in [5.74, 6) is -0.394. The number of hydrogen-bond donors (Lipinski definition) is 1. The second kappa shape index (κ2) is 10.7. The molecular weight excluding hydrogens is 411 g/mol. The lowest BCUT2D eigenvalue weighted by molar-refractivity contribution is -0.137. The van der Waals surface area contributed by atoms with Gasteiger partial charge in [0.2, 0.25) is 5.91 Å². The highest BCUT2D eigenvalue weighted by Gasteiger charge is 2.30. The summed E-state index contributed by atoms with van der Waals surface area (Å²) in [6, 6.07) is 4.37. The SMILES string of the molecule is CC(C=CC1=C(C)CCCC1(C)C)=CC=CC(C)=CC(=O)Nc1ccc(C(F)(F)F)cc1. The van der Waals surface area contributed by atoms with Crippen LogP contribution >= 0.6 is 0 Å². The van der Waals surface area contributed by atoms with Gasteiger partial charge in [0.05, 0.1) is 5.56 Å². The van der Waals surface area contributed by atoms with Crippen LogP contribution in [0.1, 0.15) is 59.4 Å². The molecule has 2 rings (SSSR count). The highest BCUT2D eigenvalue weighted by atomic mass is 19.4. The molecule has 1 N–H and O–H groups in total. The number of amides is 1. The van der Waals surface area contributed by atoms with Gasteiger partial charge in [-0.05, 0) is 80.9 Å². The molecule has 0 spiro atoms. The van der Waals surface area contributed by atoms with Crippen molar-refractivity contribution in [2.24, 2.45) is 5.41 Å². The van der Waals surface area contributed by atoms with Crippen molar-refractivity contribution in [3.8, 4) is 0 Å². The molecule has 5 heteroatoms. The van der Waals surface area contributed by atoms with E-state index in [1.165, 1.54) is 42.2 Å². The predicted molar refractivity (Wildman–Crippen MR) is 126 cm³/mol. The molecule has 0 fully saturated rings. The molecule has 0 radical (unpaired) electrons. The number of halogens is 3. The van der Waals surface area contributed by atoms with Crippen LogP contribution in [0.3, 0.4) is 0 Å². The van der Waals surface area contributed by atoms with Gasteiger partial charge in [-0.15, -0.1) is 0 Å². The zero-order valence-electron chi connectivity index (χ0n) is 19.4. The summed E-state index contributed by atoms with van der Waals surface area (Å²) in [5.41, 5.74) is 4.47. The van der Waals surface area contributed by atoms with Crippen LogP contribution < -0.4 is 5.32 Å². The van der Waals surface area contributed by atoms with Gasteiger partial charge in [-0.1, -0.05) is 55.4 Å². The van der Waals surface area contributed by atoms with Crippen molar-refractivity contribution in [1.82, 2.24) is 0 Å². The van der Waals surface area contributed by atoms with E-state index in [-0.39, 0.29) is 5.41 Å². The van der Waals surface area contributed by atoms with Crippen molar-refractivity contribution in [3.05, 3.63) is 88.6 Å². The van der Waals surface area contributed by atoms with Crippen molar-refractivity contribution in [2.45, 2.75) is 60.1 Å². The fraction of sp³-hybridized carbons (Fsp3) is 0.370. The number of carbonyl (C=O) groups is 1. The van der Waals surface area contributed by atoms with Crippen LogP contribution in [0.4, 0.5) is 18.9 Å². The van der Waals surface area contributed by atoms with Crippen LogP contribution in [0.15, 0.2) is 83.0 Å². The minimum Gasteiger partial charge on any atom is -0.323 e. The Bertz CT molecular complexity index is 971. The van der Waals surface area contributed by atoms with E-state index in [1.54, 1.807) is 6.92 Å². The second-order valence-corrected chi connectivity index (χ2v) is 8.99. The number of carbonyl (C=O) groups excluding carboxylic acids is 1. The molecule has 0 bridgehead atoms. The maximum absolute atomic E-state index is 12.6. The molecule has 0 saturated heterocycles. The Morgan fingerprint density at radius 2 is 1.72 bits per heavy atom. The Morgan fingerprint density at radius 1 is 1.06 bits per heavy atom. The highest BCUT2D eigenvalue weighted by Crippen LogP contribution is 2.40. The molecule has 0 saturated carbocycles. The summed E-state index contributed by atoms with van der Waals surface area (Å²) in [6.45, 7) is 10.6. The van der Waals surface area contributed by atoms with E-state index in [4.69, 9.17) is 0 Å². The summed E-state index contributed by atoms with van der Waals surface area (Å²) in [5, 5.41) is 2.57. The molecule has 1 aromatic rings. The Balaban J connectivity index is 1.96. The number of benzene rings is 1. The van der Waals surface area contributed by atoms with Gasteiger partial charge in [-0.2, -0.15) is 13.2 Å². The van der Waals surface area contributed by atoms with Gasteiger partial charge in [0, 0.05) is 11.8 Å². The van der Waals surface area contributed by atoms with Crippen molar-refractivity contribution in [3.63, 3.8) is 0 Å².